The summed E-state index contributed by atoms with van der Waals surface area (Å²) in [4.78, 5) is 24.3. The molecule has 5 nitrogen and oxygen atoms in total. The zero-order chi connectivity index (χ0) is 19.3. The van der Waals surface area contributed by atoms with Gasteiger partial charge in [0, 0.05) is 5.56 Å². The van der Waals surface area contributed by atoms with Crippen molar-refractivity contribution in [2.75, 3.05) is 12.4 Å². The Morgan fingerprint density at radius 1 is 1.08 bits per heavy atom. The third kappa shape index (κ3) is 4.85. The molecule has 138 valence electrons. The van der Waals surface area contributed by atoms with Crippen molar-refractivity contribution in [1.82, 2.24) is 0 Å². The molecule has 2 aromatic carbocycles. The smallest absolute Gasteiger partial charge is 0.265 e. The van der Waals surface area contributed by atoms with Crippen LogP contribution in [0, 0.1) is 13.8 Å². The zero-order valence-electron chi connectivity index (χ0n) is 15.9. The van der Waals surface area contributed by atoms with Gasteiger partial charge in [-0.2, -0.15) is 0 Å². The lowest BCUT2D eigenvalue weighted by atomic mass is 10.1. The molecule has 0 saturated carbocycles. The predicted octanol–water partition coefficient (Wildman–Crippen LogP) is 4.31. The van der Waals surface area contributed by atoms with E-state index in [4.69, 9.17) is 9.47 Å². The van der Waals surface area contributed by atoms with E-state index >= 15 is 0 Å². The van der Waals surface area contributed by atoms with Crippen LogP contribution >= 0.6 is 0 Å². The molecule has 1 N–H and O–H groups in total. The second kappa shape index (κ2) is 8.52. The minimum atomic E-state index is -0.651. The van der Waals surface area contributed by atoms with Crippen LogP contribution in [0.4, 0.5) is 5.69 Å². The highest BCUT2D eigenvalue weighted by Crippen LogP contribution is 2.26. The zero-order valence-corrected chi connectivity index (χ0v) is 15.9. The highest BCUT2D eigenvalue weighted by Gasteiger charge is 2.20. The molecule has 0 aliphatic carbocycles. The van der Waals surface area contributed by atoms with Crippen LogP contribution in [0.1, 0.15) is 41.8 Å². The van der Waals surface area contributed by atoms with Gasteiger partial charge in [0.2, 0.25) is 0 Å². The molecule has 0 aromatic heterocycles. The van der Waals surface area contributed by atoms with E-state index in [9.17, 15) is 9.59 Å². The van der Waals surface area contributed by atoms with Crippen molar-refractivity contribution >= 4 is 17.4 Å². The van der Waals surface area contributed by atoms with E-state index in [0.29, 0.717) is 29.2 Å². The summed E-state index contributed by atoms with van der Waals surface area (Å²) < 4.78 is 11.2. The molecule has 2 rings (SSSR count). The molecule has 0 radical (unpaired) electrons. The fourth-order valence-corrected chi connectivity index (χ4v) is 2.73. The van der Waals surface area contributed by atoms with Gasteiger partial charge < -0.3 is 14.8 Å². The molecule has 0 spiro atoms. The van der Waals surface area contributed by atoms with Gasteiger partial charge in [-0.15, -0.1) is 0 Å². The summed E-state index contributed by atoms with van der Waals surface area (Å²) in [5.41, 5.74) is 3.11. The second-order valence-corrected chi connectivity index (χ2v) is 6.30. The van der Waals surface area contributed by atoms with Crippen LogP contribution in [0.2, 0.25) is 0 Å². The molecule has 0 fully saturated rings. The van der Waals surface area contributed by atoms with Gasteiger partial charge in [0.25, 0.3) is 5.91 Å². The van der Waals surface area contributed by atoms with Crippen molar-refractivity contribution in [3.63, 3.8) is 0 Å². The van der Waals surface area contributed by atoms with Gasteiger partial charge in [0.1, 0.15) is 11.5 Å². The Hall–Kier alpha value is -2.82. The third-order valence-electron chi connectivity index (χ3n) is 4.00. The van der Waals surface area contributed by atoms with Gasteiger partial charge in [-0.1, -0.05) is 13.0 Å². The van der Waals surface area contributed by atoms with Crippen molar-refractivity contribution < 1.29 is 19.1 Å². The molecule has 0 aliphatic rings. The fourth-order valence-electron chi connectivity index (χ4n) is 2.73. The Kier molecular flexibility index (Phi) is 6.39. The summed E-state index contributed by atoms with van der Waals surface area (Å²) in [6.45, 7) is 7.33. The first-order valence-electron chi connectivity index (χ1n) is 8.58. The van der Waals surface area contributed by atoms with E-state index in [1.54, 1.807) is 18.2 Å². The first-order valence-corrected chi connectivity index (χ1v) is 8.58. The largest absolute Gasteiger partial charge is 0.495 e. The van der Waals surface area contributed by atoms with Crippen LogP contribution in [0.5, 0.6) is 11.5 Å². The number of anilines is 1. The Morgan fingerprint density at radius 3 is 2.27 bits per heavy atom. The second-order valence-electron chi connectivity index (χ2n) is 6.30. The maximum Gasteiger partial charge on any atom is 0.265 e. The van der Waals surface area contributed by atoms with Gasteiger partial charge in [-0.05, 0) is 68.7 Å². The van der Waals surface area contributed by atoms with Crippen LogP contribution in [-0.4, -0.2) is 24.9 Å². The number of aryl methyl sites for hydroxylation is 2. The number of hydrogen-bond acceptors (Lipinski definition) is 4. The van der Waals surface area contributed by atoms with Crippen molar-refractivity contribution in [1.29, 1.82) is 0 Å². The van der Waals surface area contributed by atoms with Crippen LogP contribution in [0.25, 0.3) is 0 Å². The monoisotopic (exact) mass is 355 g/mol. The average Bonchev–Trinajstić information content (AvgIpc) is 2.58. The Morgan fingerprint density at radius 2 is 1.73 bits per heavy atom. The van der Waals surface area contributed by atoms with Crippen molar-refractivity contribution in [2.24, 2.45) is 0 Å². The van der Waals surface area contributed by atoms with Crippen LogP contribution in [0.15, 0.2) is 36.4 Å². The summed E-state index contributed by atoms with van der Waals surface area (Å²) >= 11 is 0. The number of ether oxygens (including phenoxy) is 2. The number of rotatable bonds is 7. The van der Waals surface area contributed by atoms with Crippen molar-refractivity contribution in [3.05, 3.63) is 53.1 Å². The molecule has 0 aliphatic heterocycles. The first kappa shape index (κ1) is 19.5. The highest BCUT2D eigenvalue weighted by molar-refractivity contribution is 5.99. The number of methoxy groups -OCH3 is 1. The quantitative estimate of drug-likeness (QED) is 0.752. The van der Waals surface area contributed by atoms with Gasteiger partial charge >= 0.3 is 0 Å². The lowest BCUT2D eigenvalue weighted by Crippen LogP contribution is -2.32. The number of hydrogen-bond donors (Lipinski definition) is 1. The summed E-state index contributed by atoms with van der Waals surface area (Å²) in [6.07, 6.45) is -0.144. The van der Waals surface area contributed by atoms with Crippen LogP contribution < -0.4 is 14.8 Å². The third-order valence-corrected chi connectivity index (χ3v) is 4.00. The number of ketones is 1. The van der Waals surface area contributed by atoms with Crippen LogP contribution in [-0.2, 0) is 4.79 Å². The summed E-state index contributed by atoms with van der Waals surface area (Å²) in [5, 5.41) is 2.82. The number of Topliss-reactive ketones (excluding diaryl/α,β-unsaturated/α-hetero) is 1. The van der Waals surface area contributed by atoms with Gasteiger partial charge in [0.05, 0.1) is 12.8 Å². The predicted molar refractivity (Wildman–Crippen MR) is 102 cm³/mol. The molecule has 0 heterocycles. The van der Waals surface area contributed by atoms with E-state index < -0.39 is 6.10 Å². The Bertz CT molecular complexity index is 793. The Labute approximate surface area is 154 Å². The van der Waals surface area contributed by atoms with Gasteiger partial charge in [-0.3, -0.25) is 9.59 Å². The summed E-state index contributed by atoms with van der Waals surface area (Å²) in [5.74, 6) is 0.783. The number of carbonyl (C=O) groups is 2. The summed E-state index contributed by atoms with van der Waals surface area (Å²) in [6, 6.07) is 10.8. The summed E-state index contributed by atoms with van der Waals surface area (Å²) in [7, 11) is 1.52. The topological polar surface area (TPSA) is 64.6 Å². The number of nitrogens with one attached hydrogen (secondary N) is 1. The molecule has 0 saturated heterocycles. The highest BCUT2D eigenvalue weighted by atomic mass is 16.5. The van der Waals surface area contributed by atoms with E-state index in [2.05, 4.69) is 5.32 Å². The Balaban J connectivity index is 2.21. The van der Waals surface area contributed by atoms with E-state index in [1.807, 2.05) is 39.0 Å². The maximum atomic E-state index is 12.7. The minimum Gasteiger partial charge on any atom is -0.495 e. The molecule has 26 heavy (non-hydrogen) atoms. The molecule has 0 bridgehead atoms. The minimum absolute atomic E-state index is 0.0818. The number of benzene rings is 2. The normalized spacial score (nSPS) is 11.6. The van der Waals surface area contributed by atoms with Crippen molar-refractivity contribution in [3.8, 4) is 11.5 Å². The SMILES string of the molecule is CCC(Oc1cc(C)cc(C)c1)C(=O)Nc1cc(C(C)=O)ccc1OC. The lowest BCUT2D eigenvalue weighted by Gasteiger charge is -2.19. The molecule has 1 unspecified atom stereocenters. The first-order chi connectivity index (χ1) is 12.3. The van der Waals surface area contributed by atoms with E-state index in [0.717, 1.165) is 11.1 Å². The average molecular weight is 355 g/mol. The number of amides is 1. The molecular weight excluding hydrogens is 330 g/mol. The fraction of sp³-hybridized carbons (Fsp3) is 0.333. The van der Waals surface area contributed by atoms with E-state index in [1.165, 1.54) is 14.0 Å². The lowest BCUT2D eigenvalue weighted by molar-refractivity contribution is -0.122. The molecule has 1 atom stereocenters. The van der Waals surface area contributed by atoms with Crippen LogP contribution in [0.3, 0.4) is 0 Å². The standard InChI is InChI=1S/C21H25NO4/c1-6-19(26-17-10-13(2)9-14(3)11-17)21(24)22-18-12-16(15(4)23)7-8-20(18)25-5/h7-12,19H,6H2,1-5H3,(H,22,24). The molecule has 2 aromatic rings. The molecule has 5 heteroatoms. The molecule has 1 amide bonds. The maximum absolute atomic E-state index is 12.7. The van der Waals surface area contributed by atoms with Gasteiger partial charge in [-0.25, -0.2) is 0 Å². The van der Waals surface area contributed by atoms with E-state index in [-0.39, 0.29) is 11.7 Å². The van der Waals surface area contributed by atoms with Crippen molar-refractivity contribution in [2.45, 2.75) is 40.2 Å². The number of carbonyl (C=O) groups excluding carboxylic acids is 2. The molecular formula is C21H25NO4. The van der Waals surface area contributed by atoms with Gasteiger partial charge in [0.15, 0.2) is 11.9 Å².